The van der Waals surface area contributed by atoms with E-state index in [1.165, 1.54) is 13.8 Å². The number of nitrogens with two attached hydrogens (primary N) is 1. The number of aliphatic hydroxyl groups is 4. The van der Waals surface area contributed by atoms with Gasteiger partial charge >= 0.3 is 5.97 Å². The van der Waals surface area contributed by atoms with Gasteiger partial charge in [0.1, 0.15) is 12.2 Å². The molecule has 0 spiro atoms. The maximum absolute atomic E-state index is 13.2. The van der Waals surface area contributed by atoms with E-state index in [1.54, 1.807) is 60.7 Å². The van der Waals surface area contributed by atoms with Gasteiger partial charge < -0.3 is 36.2 Å². The Morgan fingerprint density at radius 3 is 1.89 bits per heavy atom. The van der Waals surface area contributed by atoms with E-state index in [4.69, 9.17) is 10.5 Å². The highest BCUT2D eigenvalue weighted by atomic mass is 16.5. The first-order valence-corrected chi connectivity index (χ1v) is 12.1. The standard InChI is InChI=1S/C29H34N2O7/c1-28(16-33,17-34)18-38-27(36)25(29(2,37)23-11-3-19(15-32)4-12-23)31-26(35)22-7-5-20(6-8-22)21-9-13-24(30)14-10-21/h3-14,25,32-34,37H,15-18,30H2,1-2H3,(H,31,35)/t25-,29+/m1/s1. The Morgan fingerprint density at radius 2 is 1.39 bits per heavy atom. The molecule has 38 heavy (non-hydrogen) atoms. The van der Waals surface area contributed by atoms with E-state index in [2.05, 4.69) is 5.32 Å². The van der Waals surface area contributed by atoms with Gasteiger partial charge in [-0.3, -0.25) is 4.79 Å². The Hall–Kier alpha value is -3.76. The van der Waals surface area contributed by atoms with E-state index in [0.29, 0.717) is 16.8 Å². The van der Waals surface area contributed by atoms with Gasteiger partial charge in [0.05, 0.1) is 19.8 Å². The molecule has 3 rings (SSSR count). The fraction of sp³-hybridized carbons (Fsp3) is 0.310. The van der Waals surface area contributed by atoms with E-state index in [9.17, 15) is 30.0 Å². The molecular formula is C29H34N2O7. The number of esters is 1. The number of aliphatic hydroxyl groups excluding tert-OH is 3. The lowest BCUT2D eigenvalue weighted by atomic mass is 9.87. The maximum atomic E-state index is 13.2. The molecule has 9 nitrogen and oxygen atoms in total. The molecule has 0 aliphatic carbocycles. The summed E-state index contributed by atoms with van der Waals surface area (Å²) >= 11 is 0. The lowest BCUT2D eigenvalue weighted by Crippen LogP contribution is -2.55. The van der Waals surface area contributed by atoms with Crippen LogP contribution < -0.4 is 11.1 Å². The number of carbonyl (C=O) groups excluding carboxylic acids is 2. The number of benzene rings is 3. The predicted molar refractivity (Wildman–Crippen MR) is 143 cm³/mol. The minimum Gasteiger partial charge on any atom is -0.463 e. The Kier molecular flexibility index (Phi) is 9.24. The van der Waals surface area contributed by atoms with Crippen LogP contribution in [0.5, 0.6) is 0 Å². The largest absolute Gasteiger partial charge is 0.463 e. The van der Waals surface area contributed by atoms with E-state index in [1.807, 2.05) is 12.1 Å². The van der Waals surface area contributed by atoms with Crippen molar-refractivity contribution in [3.05, 3.63) is 89.5 Å². The molecule has 0 aromatic heterocycles. The summed E-state index contributed by atoms with van der Waals surface area (Å²) in [5, 5.41) is 42.4. The number of amides is 1. The van der Waals surface area contributed by atoms with Gasteiger partial charge in [0.25, 0.3) is 5.91 Å². The van der Waals surface area contributed by atoms with Crippen LogP contribution in [0.25, 0.3) is 11.1 Å². The van der Waals surface area contributed by atoms with Crippen molar-refractivity contribution in [2.24, 2.45) is 5.41 Å². The van der Waals surface area contributed by atoms with Crippen molar-refractivity contribution < 1.29 is 34.8 Å². The summed E-state index contributed by atoms with van der Waals surface area (Å²) in [5.41, 5.74) is 6.32. The van der Waals surface area contributed by atoms with Crippen LogP contribution in [0.2, 0.25) is 0 Å². The number of nitrogens with one attached hydrogen (secondary N) is 1. The van der Waals surface area contributed by atoms with Crippen LogP contribution in [0.3, 0.4) is 0 Å². The average Bonchev–Trinajstić information content (AvgIpc) is 2.94. The lowest BCUT2D eigenvalue weighted by Gasteiger charge is -2.33. The molecule has 0 fully saturated rings. The minimum absolute atomic E-state index is 0.197. The fourth-order valence-corrected chi connectivity index (χ4v) is 3.72. The van der Waals surface area contributed by atoms with Crippen LogP contribution in [-0.4, -0.2) is 58.2 Å². The normalized spacial score (nSPS) is 13.8. The zero-order valence-corrected chi connectivity index (χ0v) is 21.4. The van der Waals surface area contributed by atoms with Gasteiger partial charge in [-0.25, -0.2) is 4.79 Å². The molecular weight excluding hydrogens is 488 g/mol. The molecule has 0 heterocycles. The first-order valence-electron chi connectivity index (χ1n) is 12.1. The first kappa shape index (κ1) is 28.8. The topological polar surface area (TPSA) is 162 Å². The summed E-state index contributed by atoms with van der Waals surface area (Å²) in [6.07, 6.45) is 0. The number of anilines is 1. The molecule has 0 unspecified atom stereocenters. The van der Waals surface area contributed by atoms with Gasteiger partial charge in [0.15, 0.2) is 6.04 Å². The summed E-state index contributed by atoms with van der Waals surface area (Å²) in [6, 6.07) is 18.7. The molecule has 1 amide bonds. The second-order valence-electron chi connectivity index (χ2n) is 9.84. The zero-order valence-electron chi connectivity index (χ0n) is 21.4. The van der Waals surface area contributed by atoms with Gasteiger partial charge in [-0.2, -0.15) is 0 Å². The van der Waals surface area contributed by atoms with Crippen molar-refractivity contribution in [1.82, 2.24) is 5.32 Å². The molecule has 9 heteroatoms. The van der Waals surface area contributed by atoms with Gasteiger partial charge in [-0.05, 0) is 53.4 Å². The van der Waals surface area contributed by atoms with Crippen molar-refractivity contribution in [3.8, 4) is 11.1 Å². The Balaban J connectivity index is 1.87. The predicted octanol–water partition coefficient (Wildman–Crippen LogP) is 1.97. The van der Waals surface area contributed by atoms with E-state index >= 15 is 0 Å². The molecule has 2 atom stereocenters. The van der Waals surface area contributed by atoms with Crippen molar-refractivity contribution >= 4 is 17.6 Å². The van der Waals surface area contributed by atoms with Crippen LogP contribution in [0, 0.1) is 5.41 Å². The second-order valence-corrected chi connectivity index (χ2v) is 9.84. The smallest absolute Gasteiger partial charge is 0.332 e. The Morgan fingerprint density at radius 1 is 0.868 bits per heavy atom. The number of carbonyl (C=O) groups is 2. The molecule has 202 valence electrons. The number of hydrogen-bond acceptors (Lipinski definition) is 8. The molecule has 0 saturated carbocycles. The van der Waals surface area contributed by atoms with Gasteiger partial charge in [-0.1, -0.05) is 55.5 Å². The number of hydrogen-bond donors (Lipinski definition) is 6. The van der Waals surface area contributed by atoms with E-state index < -0.39 is 42.1 Å². The summed E-state index contributed by atoms with van der Waals surface area (Å²) < 4.78 is 5.34. The van der Waals surface area contributed by atoms with Crippen LogP contribution in [0.1, 0.15) is 35.3 Å². The van der Waals surface area contributed by atoms with Crippen LogP contribution >= 0.6 is 0 Å². The summed E-state index contributed by atoms with van der Waals surface area (Å²) in [4.78, 5) is 26.4. The van der Waals surface area contributed by atoms with Gasteiger partial charge in [0, 0.05) is 16.7 Å². The van der Waals surface area contributed by atoms with Crippen LogP contribution in [-0.2, 0) is 21.7 Å². The second kappa shape index (κ2) is 12.2. The fourth-order valence-electron chi connectivity index (χ4n) is 3.72. The highest BCUT2D eigenvalue weighted by Gasteiger charge is 2.42. The Labute approximate surface area is 221 Å². The van der Waals surface area contributed by atoms with Crippen LogP contribution in [0.15, 0.2) is 72.8 Å². The monoisotopic (exact) mass is 522 g/mol. The highest BCUT2D eigenvalue weighted by Crippen LogP contribution is 2.28. The van der Waals surface area contributed by atoms with Crippen molar-refractivity contribution in [2.75, 3.05) is 25.6 Å². The number of nitrogen functional groups attached to an aromatic ring is 1. The lowest BCUT2D eigenvalue weighted by molar-refractivity contribution is -0.158. The highest BCUT2D eigenvalue weighted by molar-refractivity contribution is 5.97. The quantitative estimate of drug-likeness (QED) is 0.164. The summed E-state index contributed by atoms with van der Waals surface area (Å²) in [7, 11) is 0. The molecule has 7 N–H and O–H groups in total. The third-order valence-electron chi connectivity index (χ3n) is 6.51. The zero-order chi connectivity index (χ0) is 27.9. The van der Waals surface area contributed by atoms with E-state index in [0.717, 1.165) is 11.1 Å². The minimum atomic E-state index is -1.90. The van der Waals surface area contributed by atoms with E-state index in [-0.39, 0.29) is 18.8 Å². The number of rotatable bonds is 11. The molecule has 0 bridgehead atoms. The molecule has 0 saturated heterocycles. The molecule has 3 aromatic rings. The van der Waals surface area contributed by atoms with Crippen LogP contribution in [0.4, 0.5) is 5.69 Å². The van der Waals surface area contributed by atoms with Crippen molar-refractivity contribution in [2.45, 2.75) is 32.1 Å². The summed E-state index contributed by atoms with van der Waals surface area (Å²) in [6.45, 7) is 1.50. The van der Waals surface area contributed by atoms with Gasteiger partial charge in [0.2, 0.25) is 0 Å². The molecule has 0 aliphatic heterocycles. The molecule has 0 radical (unpaired) electrons. The Bertz CT molecular complexity index is 1220. The SMILES string of the molecule is CC(CO)(CO)COC(=O)[C@@H](NC(=O)c1ccc(-c2ccc(N)cc2)cc1)[C@@](C)(O)c1ccc(CO)cc1. The maximum Gasteiger partial charge on any atom is 0.332 e. The van der Waals surface area contributed by atoms with Crippen molar-refractivity contribution in [3.63, 3.8) is 0 Å². The number of ether oxygens (including phenoxy) is 1. The third kappa shape index (κ3) is 6.76. The molecule has 3 aromatic carbocycles. The molecule has 0 aliphatic rings. The third-order valence-corrected chi connectivity index (χ3v) is 6.51. The first-order chi connectivity index (χ1) is 18.0. The average molecular weight is 523 g/mol. The van der Waals surface area contributed by atoms with Crippen molar-refractivity contribution in [1.29, 1.82) is 0 Å². The summed E-state index contributed by atoms with van der Waals surface area (Å²) in [5.74, 6) is -1.56. The van der Waals surface area contributed by atoms with Gasteiger partial charge in [-0.15, -0.1) is 0 Å².